The van der Waals surface area contributed by atoms with E-state index < -0.39 is 5.60 Å². The summed E-state index contributed by atoms with van der Waals surface area (Å²) < 4.78 is 0. The minimum absolute atomic E-state index is 0.448. The molecule has 60 valence electrons. The standard InChI is InChI=1S/C8H17NO/c1-3-4-7-5-9-6-8(7,2)10/h7,9-10H,3-6H2,1-2H3. The summed E-state index contributed by atoms with van der Waals surface area (Å²) in [6.45, 7) is 5.83. The van der Waals surface area contributed by atoms with Crippen LogP contribution in [0.3, 0.4) is 0 Å². The largest absolute Gasteiger partial charge is 0.389 e. The molecule has 0 radical (unpaired) electrons. The quantitative estimate of drug-likeness (QED) is 0.598. The van der Waals surface area contributed by atoms with Gasteiger partial charge in [0.25, 0.3) is 0 Å². The SMILES string of the molecule is CCCC1CNCC1(C)O. The van der Waals surface area contributed by atoms with Crippen molar-refractivity contribution in [1.29, 1.82) is 0 Å². The molecule has 2 N–H and O–H groups in total. The molecule has 2 unspecified atom stereocenters. The summed E-state index contributed by atoms with van der Waals surface area (Å²) in [6.07, 6.45) is 2.31. The number of hydrogen-bond donors (Lipinski definition) is 2. The lowest BCUT2D eigenvalue weighted by atomic mass is 9.89. The summed E-state index contributed by atoms with van der Waals surface area (Å²) in [5.41, 5.74) is -0.448. The summed E-state index contributed by atoms with van der Waals surface area (Å²) in [6, 6.07) is 0. The van der Waals surface area contributed by atoms with Gasteiger partial charge in [0, 0.05) is 19.0 Å². The number of hydrogen-bond acceptors (Lipinski definition) is 2. The second kappa shape index (κ2) is 2.89. The van der Waals surface area contributed by atoms with Crippen LogP contribution in [0, 0.1) is 5.92 Å². The highest BCUT2D eigenvalue weighted by molar-refractivity contribution is 4.91. The molecule has 0 bridgehead atoms. The molecule has 1 heterocycles. The summed E-state index contributed by atoms with van der Waals surface area (Å²) >= 11 is 0. The van der Waals surface area contributed by atoms with Crippen LogP contribution < -0.4 is 5.32 Å². The maximum Gasteiger partial charge on any atom is 0.0783 e. The zero-order valence-electron chi connectivity index (χ0n) is 6.85. The van der Waals surface area contributed by atoms with E-state index in [1.807, 2.05) is 6.92 Å². The van der Waals surface area contributed by atoms with E-state index in [-0.39, 0.29) is 0 Å². The third-order valence-electron chi connectivity index (χ3n) is 2.39. The second-order valence-electron chi connectivity index (χ2n) is 3.47. The summed E-state index contributed by atoms with van der Waals surface area (Å²) in [7, 11) is 0. The molecule has 0 spiro atoms. The Labute approximate surface area is 62.6 Å². The maximum absolute atomic E-state index is 9.72. The lowest BCUT2D eigenvalue weighted by Gasteiger charge is -2.23. The average molecular weight is 143 g/mol. The lowest BCUT2D eigenvalue weighted by Crippen LogP contribution is -2.33. The Hall–Kier alpha value is -0.0800. The third-order valence-corrected chi connectivity index (χ3v) is 2.39. The van der Waals surface area contributed by atoms with Crippen molar-refractivity contribution in [3.63, 3.8) is 0 Å². The van der Waals surface area contributed by atoms with Crippen molar-refractivity contribution in [3.8, 4) is 0 Å². The summed E-state index contributed by atoms with van der Waals surface area (Å²) in [4.78, 5) is 0. The molecule has 2 heteroatoms. The van der Waals surface area contributed by atoms with E-state index in [2.05, 4.69) is 12.2 Å². The first-order valence-electron chi connectivity index (χ1n) is 4.10. The molecule has 1 aliphatic rings. The molecular weight excluding hydrogens is 126 g/mol. The van der Waals surface area contributed by atoms with Crippen LogP contribution >= 0.6 is 0 Å². The molecule has 1 saturated heterocycles. The minimum atomic E-state index is -0.448. The molecule has 0 aromatic heterocycles. The molecule has 0 amide bonds. The lowest BCUT2D eigenvalue weighted by molar-refractivity contribution is 0.0326. The van der Waals surface area contributed by atoms with Gasteiger partial charge in [-0.1, -0.05) is 13.3 Å². The maximum atomic E-state index is 9.72. The highest BCUT2D eigenvalue weighted by Gasteiger charge is 2.35. The van der Waals surface area contributed by atoms with E-state index in [0.29, 0.717) is 5.92 Å². The van der Waals surface area contributed by atoms with Gasteiger partial charge >= 0.3 is 0 Å². The first-order chi connectivity index (χ1) is 4.67. The van der Waals surface area contributed by atoms with Gasteiger partial charge in [-0.15, -0.1) is 0 Å². The molecular formula is C8H17NO. The van der Waals surface area contributed by atoms with Crippen LogP contribution in [0.2, 0.25) is 0 Å². The van der Waals surface area contributed by atoms with Gasteiger partial charge in [-0.05, 0) is 13.3 Å². The smallest absolute Gasteiger partial charge is 0.0783 e. The van der Waals surface area contributed by atoms with Crippen LogP contribution in [-0.2, 0) is 0 Å². The zero-order valence-corrected chi connectivity index (χ0v) is 6.85. The molecule has 0 aliphatic carbocycles. The molecule has 0 aromatic carbocycles. The molecule has 1 rings (SSSR count). The fraction of sp³-hybridized carbons (Fsp3) is 1.00. The molecule has 2 atom stereocenters. The first-order valence-corrected chi connectivity index (χ1v) is 4.10. The Morgan fingerprint density at radius 3 is 2.80 bits per heavy atom. The van der Waals surface area contributed by atoms with Gasteiger partial charge in [0.2, 0.25) is 0 Å². The molecule has 10 heavy (non-hydrogen) atoms. The summed E-state index contributed by atoms with van der Waals surface area (Å²) in [5, 5.41) is 12.9. The zero-order chi connectivity index (χ0) is 7.61. The average Bonchev–Trinajstić information content (AvgIpc) is 2.13. The van der Waals surface area contributed by atoms with Gasteiger partial charge < -0.3 is 10.4 Å². The Morgan fingerprint density at radius 2 is 2.40 bits per heavy atom. The van der Waals surface area contributed by atoms with E-state index in [9.17, 15) is 5.11 Å². The molecule has 0 aromatic rings. The van der Waals surface area contributed by atoms with E-state index in [0.717, 1.165) is 19.5 Å². The van der Waals surface area contributed by atoms with Gasteiger partial charge in [-0.3, -0.25) is 0 Å². The monoisotopic (exact) mass is 143 g/mol. The highest BCUT2D eigenvalue weighted by Crippen LogP contribution is 2.24. The van der Waals surface area contributed by atoms with Crippen molar-refractivity contribution in [2.24, 2.45) is 5.92 Å². The van der Waals surface area contributed by atoms with Crippen LogP contribution in [0.4, 0.5) is 0 Å². The van der Waals surface area contributed by atoms with E-state index in [1.165, 1.54) is 6.42 Å². The summed E-state index contributed by atoms with van der Waals surface area (Å²) in [5.74, 6) is 0.470. The topological polar surface area (TPSA) is 32.3 Å². The van der Waals surface area contributed by atoms with Gasteiger partial charge in [0.05, 0.1) is 5.60 Å². The fourth-order valence-corrected chi connectivity index (χ4v) is 1.63. The van der Waals surface area contributed by atoms with E-state index in [4.69, 9.17) is 0 Å². The Bertz CT molecular complexity index is 112. The Morgan fingerprint density at radius 1 is 1.70 bits per heavy atom. The van der Waals surface area contributed by atoms with Crippen LogP contribution in [0.5, 0.6) is 0 Å². The van der Waals surface area contributed by atoms with E-state index in [1.54, 1.807) is 0 Å². The van der Waals surface area contributed by atoms with Crippen molar-refractivity contribution in [2.75, 3.05) is 13.1 Å². The Kier molecular flexibility index (Phi) is 2.32. The number of aliphatic hydroxyl groups is 1. The van der Waals surface area contributed by atoms with E-state index >= 15 is 0 Å². The van der Waals surface area contributed by atoms with Gasteiger partial charge in [0.15, 0.2) is 0 Å². The van der Waals surface area contributed by atoms with Gasteiger partial charge in [-0.2, -0.15) is 0 Å². The fourth-order valence-electron chi connectivity index (χ4n) is 1.63. The van der Waals surface area contributed by atoms with Crippen LogP contribution in [0.25, 0.3) is 0 Å². The molecule has 2 nitrogen and oxygen atoms in total. The highest BCUT2D eigenvalue weighted by atomic mass is 16.3. The van der Waals surface area contributed by atoms with Crippen molar-refractivity contribution in [3.05, 3.63) is 0 Å². The van der Waals surface area contributed by atoms with Crippen LogP contribution in [0.15, 0.2) is 0 Å². The molecule has 1 fully saturated rings. The predicted octanol–water partition coefficient (Wildman–Crippen LogP) is 0.757. The normalized spacial score (nSPS) is 40.5. The second-order valence-corrected chi connectivity index (χ2v) is 3.47. The number of β-amino-alcohol motifs (C(OH)–C–C–N with tert-alkyl or cyclic N) is 1. The van der Waals surface area contributed by atoms with Crippen molar-refractivity contribution in [2.45, 2.75) is 32.3 Å². The first kappa shape index (κ1) is 8.02. The molecule has 1 aliphatic heterocycles. The van der Waals surface area contributed by atoms with Gasteiger partial charge in [0.1, 0.15) is 0 Å². The number of rotatable bonds is 2. The number of nitrogens with one attached hydrogen (secondary N) is 1. The third kappa shape index (κ3) is 1.50. The van der Waals surface area contributed by atoms with Crippen LogP contribution in [0.1, 0.15) is 26.7 Å². The molecule has 0 saturated carbocycles. The predicted molar refractivity (Wildman–Crippen MR) is 41.9 cm³/mol. The van der Waals surface area contributed by atoms with Crippen molar-refractivity contribution >= 4 is 0 Å². The van der Waals surface area contributed by atoms with Crippen LogP contribution in [-0.4, -0.2) is 23.8 Å². The Balaban J connectivity index is 2.43. The van der Waals surface area contributed by atoms with Crippen molar-refractivity contribution in [1.82, 2.24) is 5.32 Å². The minimum Gasteiger partial charge on any atom is -0.389 e. The van der Waals surface area contributed by atoms with Crippen molar-refractivity contribution < 1.29 is 5.11 Å². The van der Waals surface area contributed by atoms with Gasteiger partial charge in [-0.25, -0.2) is 0 Å².